The van der Waals surface area contributed by atoms with E-state index in [1.165, 1.54) is 16.4 Å². The van der Waals surface area contributed by atoms with Crippen LogP contribution < -0.4 is 5.73 Å². The third kappa shape index (κ3) is 3.54. The third-order valence-electron chi connectivity index (χ3n) is 3.48. The average molecular weight is 349 g/mol. The van der Waals surface area contributed by atoms with Gasteiger partial charge in [0.1, 0.15) is 9.88 Å². The molecule has 1 fully saturated rings. The molecule has 1 aliphatic rings. The zero-order valence-corrected chi connectivity index (χ0v) is 14.0. The molecule has 2 rings (SSSR count). The zero-order valence-electron chi connectivity index (χ0n) is 11.6. The smallest absolute Gasteiger partial charge is 0.244 e. The first kappa shape index (κ1) is 16.6. The van der Waals surface area contributed by atoms with Crippen molar-refractivity contribution in [2.24, 2.45) is 11.7 Å². The van der Waals surface area contributed by atoms with Crippen LogP contribution in [-0.2, 0) is 14.8 Å². The van der Waals surface area contributed by atoms with Crippen molar-refractivity contribution in [3.63, 3.8) is 0 Å². The summed E-state index contributed by atoms with van der Waals surface area (Å²) in [4.78, 5) is 0.189. The molecule has 0 saturated carbocycles. The third-order valence-corrected chi connectivity index (χ3v) is 6.07. The van der Waals surface area contributed by atoms with E-state index < -0.39 is 10.0 Å². The van der Waals surface area contributed by atoms with Crippen LogP contribution in [0, 0.1) is 5.92 Å². The number of methoxy groups -OCH3 is 1. The summed E-state index contributed by atoms with van der Waals surface area (Å²) in [6, 6.07) is 4.55. The van der Waals surface area contributed by atoms with Crippen molar-refractivity contribution in [1.29, 1.82) is 0 Å². The second-order valence-corrected chi connectivity index (χ2v) is 7.74. The van der Waals surface area contributed by atoms with Crippen LogP contribution in [0.2, 0.25) is 5.02 Å². The van der Waals surface area contributed by atoms with Gasteiger partial charge < -0.3 is 10.5 Å². The van der Waals surface area contributed by atoms with E-state index in [0.29, 0.717) is 25.3 Å². The molecule has 0 spiro atoms. The molecule has 0 aromatic heterocycles. The molecule has 1 unspecified atom stereocenters. The molecule has 0 aliphatic carbocycles. The van der Waals surface area contributed by atoms with Gasteiger partial charge in [-0.2, -0.15) is 4.31 Å². The molecule has 1 saturated heterocycles. The predicted octanol–water partition coefficient (Wildman–Crippen LogP) is 1.63. The highest BCUT2D eigenvalue weighted by molar-refractivity contribution is 7.89. The van der Waals surface area contributed by atoms with Gasteiger partial charge in [-0.25, -0.2) is 8.42 Å². The van der Waals surface area contributed by atoms with E-state index >= 15 is 0 Å². The van der Waals surface area contributed by atoms with E-state index in [1.54, 1.807) is 13.2 Å². The molecule has 8 heteroatoms. The van der Waals surface area contributed by atoms with Gasteiger partial charge in [0.15, 0.2) is 0 Å². The Morgan fingerprint density at radius 3 is 2.90 bits per heavy atom. The number of thiocarbonyl (C=S) groups is 1. The van der Waals surface area contributed by atoms with E-state index in [0.717, 1.165) is 6.42 Å². The van der Waals surface area contributed by atoms with Gasteiger partial charge in [-0.15, -0.1) is 0 Å². The summed E-state index contributed by atoms with van der Waals surface area (Å²) < 4.78 is 31.9. The van der Waals surface area contributed by atoms with Crippen molar-refractivity contribution >= 4 is 38.8 Å². The molecule has 1 aromatic carbocycles. The van der Waals surface area contributed by atoms with Crippen molar-refractivity contribution in [1.82, 2.24) is 4.31 Å². The molecular weight excluding hydrogens is 332 g/mol. The van der Waals surface area contributed by atoms with Gasteiger partial charge in [-0.1, -0.05) is 29.9 Å². The summed E-state index contributed by atoms with van der Waals surface area (Å²) in [5.74, 6) is 0.210. The van der Waals surface area contributed by atoms with Crippen molar-refractivity contribution < 1.29 is 13.2 Å². The summed E-state index contributed by atoms with van der Waals surface area (Å²) in [6.45, 7) is 1.44. The Kier molecular flexibility index (Phi) is 5.21. The van der Waals surface area contributed by atoms with Gasteiger partial charge in [0.25, 0.3) is 0 Å². The molecule has 0 bridgehead atoms. The fraction of sp³-hybridized carbons (Fsp3) is 0.462. The van der Waals surface area contributed by atoms with E-state index in [4.69, 9.17) is 34.3 Å². The van der Waals surface area contributed by atoms with Gasteiger partial charge in [0.2, 0.25) is 10.0 Å². The number of hydrogen-bond acceptors (Lipinski definition) is 4. The standard InChI is InChI=1S/C13H17ClN2O3S2/c1-19-8-9-4-5-16(7-9)21(17,18)12-6-10(13(15)20)2-3-11(12)14/h2-3,6,9H,4-5,7-8H2,1H3,(H2,15,20). The number of rotatable bonds is 5. The Bertz CT molecular complexity index is 649. The highest BCUT2D eigenvalue weighted by Crippen LogP contribution is 2.29. The number of halogens is 1. The number of nitrogens with two attached hydrogens (primary N) is 1. The molecular formula is C13H17ClN2O3S2. The number of nitrogens with zero attached hydrogens (tertiary/aromatic N) is 1. The Morgan fingerprint density at radius 1 is 1.57 bits per heavy atom. The number of benzene rings is 1. The zero-order chi connectivity index (χ0) is 15.6. The van der Waals surface area contributed by atoms with Gasteiger partial charge in [0.05, 0.1) is 11.6 Å². The largest absolute Gasteiger partial charge is 0.389 e. The van der Waals surface area contributed by atoms with Crippen LogP contribution >= 0.6 is 23.8 Å². The minimum atomic E-state index is -3.65. The Labute approximate surface area is 135 Å². The fourth-order valence-electron chi connectivity index (χ4n) is 2.38. The lowest BCUT2D eigenvalue weighted by molar-refractivity contribution is 0.157. The molecule has 2 N–H and O–H groups in total. The normalized spacial score (nSPS) is 19.8. The number of sulfonamides is 1. The average Bonchev–Trinajstić information content (AvgIpc) is 2.88. The van der Waals surface area contributed by atoms with Crippen LogP contribution in [0.3, 0.4) is 0 Å². The number of hydrogen-bond donors (Lipinski definition) is 1. The fourth-order valence-corrected chi connectivity index (χ4v) is 4.54. The predicted molar refractivity (Wildman–Crippen MR) is 86.1 cm³/mol. The lowest BCUT2D eigenvalue weighted by Gasteiger charge is -2.18. The second-order valence-electron chi connectivity index (χ2n) is 4.98. The molecule has 5 nitrogen and oxygen atoms in total. The molecule has 0 amide bonds. The summed E-state index contributed by atoms with van der Waals surface area (Å²) in [5.41, 5.74) is 6.04. The maximum Gasteiger partial charge on any atom is 0.244 e. The molecule has 21 heavy (non-hydrogen) atoms. The van der Waals surface area contributed by atoms with Crippen molar-refractivity contribution in [3.05, 3.63) is 28.8 Å². The summed E-state index contributed by atoms with van der Waals surface area (Å²) >= 11 is 10.9. The summed E-state index contributed by atoms with van der Waals surface area (Å²) in [5, 5.41) is 0.171. The highest BCUT2D eigenvalue weighted by atomic mass is 35.5. The lowest BCUT2D eigenvalue weighted by atomic mass is 10.1. The first-order chi connectivity index (χ1) is 9.86. The maximum atomic E-state index is 12.7. The topological polar surface area (TPSA) is 72.6 Å². The summed E-state index contributed by atoms with van der Waals surface area (Å²) in [6.07, 6.45) is 0.777. The Morgan fingerprint density at radius 2 is 2.29 bits per heavy atom. The highest BCUT2D eigenvalue weighted by Gasteiger charge is 2.33. The van der Waals surface area contributed by atoms with Crippen LogP contribution in [-0.4, -0.2) is 44.5 Å². The van der Waals surface area contributed by atoms with E-state index in [1.807, 2.05) is 0 Å². The first-order valence-electron chi connectivity index (χ1n) is 6.44. The number of ether oxygens (including phenoxy) is 1. The second kappa shape index (κ2) is 6.58. The molecule has 0 radical (unpaired) electrons. The van der Waals surface area contributed by atoms with Crippen LogP contribution in [0.25, 0.3) is 0 Å². The Hall–Kier alpha value is -0.730. The molecule has 1 aromatic rings. The maximum absolute atomic E-state index is 12.7. The van der Waals surface area contributed by atoms with Crippen molar-refractivity contribution in [2.45, 2.75) is 11.3 Å². The Balaban J connectivity index is 2.32. The van der Waals surface area contributed by atoms with Gasteiger partial charge in [-0.05, 0) is 24.5 Å². The van der Waals surface area contributed by atoms with Crippen LogP contribution in [0.1, 0.15) is 12.0 Å². The van der Waals surface area contributed by atoms with Crippen molar-refractivity contribution in [3.8, 4) is 0 Å². The van der Waals surface area contributed by atoms with E-state index in [-0.39, 0.29) is 20.8 Å². The summed E-state index contributed by atoms with van der Waals surface area (Å²) in [7, 11) is -2.04. The van der Waals surface area contributed by atoms with Gasteiger partial charge in [0, 0.05) is 25.8 Å². The molecule has 116 valence electrons. The minimum absolute atomic E-state index is 0.0486. The SMILES string of the molecule is COCC1CCN(S(=O)(=O)c2cc(C(N)=S)ccc2Cl)C1. The first-order valence-corrected chi connectivity index (χ1v) is 8.67. The molecule has 1 heterocycles. The van der Waals surface area contributed by atoms with Gasteiger partial charge >= 0.3 is 0 Å². The quantitative estimate of drug-likeness (QED) is 0.819. The molecule has 1 atom stereocenters. The van der Waals surface area contributed by atoms with Crippen LogP contribution in [0.4, 0.5) is 0 Å². The van der Waals surface area contributed by atoms with E-state index in [9.17, 15) is 8.42 Å². The van der Waals surface area contributed by atoms with Crippen molar-refractivity contribution in [2.75, 3.05) is 26.8 Å². The van der Waals surface area contributed by atoms with E-state index in [2.05, 4.69) is 0 Å². The lowest BCUT2D eigenvalue weighted by Crippen LogP contribution is -2.30. The monoisotopic (exact) mass is 348 g/mol. The van der Waals surface area contributed by atoms with Crippen LogP contribution in [0.5, 0.6) is 0 Å². The minimum Gasteiger partial charge on any atom is -0.389 e. The molecule has 1 aliphatic heterocycles. The van der Waals surface area contributed by atoms with Gasteiger partial charge in [-0.3, -0.25) is 0 Å². The van der Waals surface area contributed by atoms with Crippen LogP contribution in [0.15, 0.2) is 23.1 Å².